The predicted molar refractivity (Wildman–Crippen MR) is 46.7 cm³/mol. The Hall–Kier alpha value is 0.557. The van der Waals surface area contributed by atoms with Gasteiger partial charge in [-0.1, -0.05) is 27.2 Å². The van der Waals surface area contributed by atoms with Crippen LogP contribution in [0.3, 0.4) is 0 Å². The topological polar surface area (TPSA) is 12.0 Å². The summed E-state index contributed by atoms with van der Waals surface area (Å²) in [5, 5.41) is 3.40. The quantitative estimate of drug-likeness (QED) is 0.405. The first kappa shape index (κ1) is 14.1. The Morgan fingerprint density at radius 1 is 1.27 bits per heavy atom. The molecule has 2 heteroatoms. The van der Waals surface area contributed by atoms with E-state index < -0.39 is 0 Å². The summed E-state index contributed by atoms with van der Waals surface area (Å²) in [6.07, 6.45) is 4.95. The van der Waals surface area contributed by atoms with Crippen molar-refractivity contribution in [3.8, 4) is 0 Å². The second-order valence-electron chi connectivity index (χ2n) is 2.67. The summed E-state index contributed by atoms with van der Waals surface area (Å²) in [7, 11) is 0. The summed E-state index contributed by atoms with van der Waals surface area (Å²) in [5.74, 6) is 0. The average molecular weight is 149 g/mol. The Labute approximate surface area is 83.5 Å². The third kappa shape index (κ3) is 8.46. The minimum absolute atomic E-state index is 0. The number of rotatable bonds is 6. The van der Waals surface area contributed by atoms with Crippen LogP contribution in [-0.4, -0.2) is 6.04 Å². The molecule has 1 atom stereocenters. The van der Waals surface area contributed by atoms with Crippen molar-refractivity contribution in [3.05, 3.63) is 6.54 Å². The van der Waals surface area contributed by atoms with Gasteiger partial charge in [0, 0.05) is 0 Å². The fourth-order valence-corrected chi connectivity index (χ4v) is 1.04. The van der Waals surface area contributed by atoms with E-state index in [0.717, 1.165) is 6.42 Å². The third-order valence-corrected chi connectivity index (χ3v) is 1.69. The van der Waals surface area contributed by atoms with Crippen molar-refractivity contribution >= 4 is 0 Å². The first-order valence-electron chi connectivity index (χ1n) is 4.42. The molecule has 0 bridgehead atoms. The van der Waals surface area contributed by atoms with Crippen molar-refractivity contribution < 1.29 is 18.9 Å². The Morgan fingerprint density at radius 2 is 1.91 bits per heavy atom. The molecule has 0 aliphatic carbocycles. The van der Waals surface area contributed by atoms with Crippen LogP contribution in [0.5, 0.6) is 0 Å². The van der Waals surface area contributed by atoms with Crippen LogP contribution in [0.4, 0.5) is 0 Å². The van der Waals surface area contributed by atoms with Crippen LogP contribution in [-0.2, 0) is 0 Å². The minimum atomic E-state index is 0. The van der Waals surface area contributed by atoms with E-state index in [1.807, 2.05) is 0 Å². The van der Waals surface area contributed by atoms with E-state index in [0.29, 0.717) is 6.04 Å². The van der Waals surface area contributed by atoms with Gasteiger partial charge in [0.1, 0.15) is 0 Å². The molecule has 1 N–H and O–H groups in total. The van der Waals surface area contributed by atoms with Crippen LogP contribution < -0.4 is 24.2 Å². The van der Waals surface area contributed by atoms with Gasteiger partial charge in [-0.15, -0.1) is 0 Å². The zero-order chi connectivity index (χ0) is 7.82. The number of nitrogens with one attached hydrogen (secondary N) is 1. The van der Waals surface area contributed by atoms with Crippen molar-refractivity contribution in [1.82, 2.24) is 5.32 Å². The molecular weight excluding hydrogens is 129 g/mol. The van der Waals surface area contributed by atoms with Crippen LogP contribution in [0, 0.1) is 6.54 Å². The van der Waals surface area contributed by atoms with Crippen LogP contribution in [0.1, 0.15) is 46.5 Å². The maximum absolute atomic E-state index is 3.40. The van der Waals surface area contributed by atoms with Gasteiger partial charge in [0.25, 0.3) is 0 Å². The molecule has 62 valence electrons. The summed E-state index contributed by atoms with van der Waals surface area (Å²) in [6.45, 7) is 8.78. The van der Waals surface area contributed by atoms with E-state index in [9.17, 15) is 0 Å². The van der Waals surface area contributed by atoms with Gasteiger partial charge in [-0.2, -0.15) is 6.42 Å². The zero-order valence-corrected chi connectivity index (χ0v) is 8.48. The largest absolute Gasteiger partial charge is 1.00 e. The van der Waals surface area contributed by atoms with Gasteiger partial charge in [0.2, 0.25) is 0 Å². The average Bonchev–Trinajstić information content (AvgIpc) is 1.98. The first-order chi connectivity index (χ1) is 4.85. The van der Waals surface area contributed by atoms with E-state index in [-0.39, 0.29) is 18.9 Å². The fraction of sp³-hybridized carbons (Fsp3) is 0.889. The molecule has 0 aromatic rings. The van der Waals surface area contributed by atoms with Crippen molar-refractivity contribution in [3.63, 3.8) is 0 Å². The number of hydrogen-bond acceptors (Lipinski definition) is 1. The second-order valence-corrected chi connectivity index (χ2v) is 2.67. The van der Waals surface area contributed by atoms with E-state index in [2.05, 4.69) is 32.6 Å². The van der Waals surface area contributed by atoms with Crippen LogP contribution >= 0.6 is 0 Å². The summed E-state index contributed by atoms with van der Waals surface area (Å²) in [4.78, 5) is 0. The Bertz CT molecular complexity index is 66.6. The van der Waals surface area contributed by atoms with Gasteiger partial charge < -0.3 is 5.32 Å². The maximum Gasteiger partial charge on any atom is 1.00 e. The molecule has 0 spiro atoms. The molecule has 0 aliphatic heterocycles. The molecule has 1 nitrogen and oxygen atoms in total. The van der Waals surface area contributed by atoms with E-state index >= 15 is 0 Å². The predicted octanol–water partition coefficient (Wildman–Crippen LogP) is -0.270. The maximum atomic E-state index is 3.40. The molecule has 0 fully saturated rings. The van der Waals surface area contributed by atoms with Crippen LogP contribution in [0.25, 0.3) is 0 Å². The minimum Gasteiger partial charge on any atom is -0.467 e. The molecule has 0 radical (unpaired) electrons. The van der Waals surface area contributed by atoms with E-state index in [1.165, 1.54) is 19.3 Å². The van der Waals surface area contributed by atoms with Crippen LogP contribution in [0.2, 0.25) is 0 Å². The van der Waals surface area contributed by atoms with Crippen molar-refractivity contribution in [1.29, 1.82) is 0 Å². The molecule has 0 rings (SSSR count). The van der Waals surface area contributed by atoms with Crippen LogP contribution in [0.15, 0.2) is 0 Å². The second kappa shape index (κ2) is 10.6. The van der Waals surface area contributed by atoms with Crippen molar-refractivity contribution in [2.75, 3.05) is 0 Å². The molecule has 0 saturated carbocycles. The standard InChI is InChI=1S/C9H20N.Li/c1-4-7-9(6-3)10-8-5-2;/h8-10H,4-7H2,1-3H3;/q-1;+1. The zero-order valence-electron chi connectivity index (χ0n) is 8.48. The molecule has 11 heavy (non-hydrogen) atoms. The monoisotopic (exact) mass is 149 g/mol. The molecule has 0 aromatic heterocycles. The molecular formula is C9H20LiN. The summed E-state index contributed by atoms with van der Waals surface area (Å²) in [6, 6.07) is 0.713. The molecule has 0 saturated heterocycles. The number of hydrogen-bond donors (Lipinski definition) is 1. The van der Waals surface area contributed by atoms with E-state index in [4.69, 9.17) is 0 Å². The summed E-state index contributed by atoms with van der Waals surface area (Å²) >= 11 is 0. The van der Waals surface area contributed by atoms with Gasteiger partial charge in [0.05, 0.1) is 0 Å². The van der Waals surface area contributed by atoms with Gasteiger partial charge >= 0.3 is 18.9 Å². The Balaban J connectivity index is 0. The molecule has 0 aromatic carbocycles. The van der Waals surface area contributed by atoms with Gasteiger partial charge in [-0.05, 0) is 18.9 Å². The van der Waals surface area contributed by atoms with Crippen molar-refractivity contribution in [2.45, 2.75) is 52.5 Å². The molecule has 0 amide bonds. The molecule has 0 aliphatic rings. The van der Waals surface area contributed by atoms with Crippen molar-refractivity contribution in [2.24, 2.45) is 0 Å². The summed E-state index contributed by atoms with van der Waals surface area (Å²) < 4.78 is 0. The normalized spacial score (nSPS) is 12.3. The smallest absolute Gasteiger partial charge is 0.467 e. The third-order valence-electron chi connectivity index (χ3n) is 1.69. The van der Waals surface area contributed by atoms with Gasteiger partial charge in [-0.25, -0.2) is 0 Å². The summed E-state index contributed by atoms with van der Waals surface area (Å²) in [5.41, 5.74) is 0. The SMILES string of the molecule is CC[CH-]NC(CC)CCC.[Li+]. The first-order valence-corrected chi connectivity index (χ1v) is 4.42. The molecule has 1 unspecified atom stereocenters. The fourth-order valence-electron chi connectivity index (χ4n) is 1.04. The van der Waals surface area contributed by atoms with Gasteiger partial charge in [0.15, 0.2) is 0 Å². The van der Waals surface area contributed by atoms with Gasteiger partial charge in [-0.3, -0.25) is 6.54 Å². The Morgan fingerprint density at radius 3 is 2.27 bits per heavy atom. The Kier molecular flexibility index (Phi) is 13.5. The molecule has 0 heterocycles. The van der Waals surface area contributed by atoms with E-state index in [1.54, 1.807) is 0 Å².